The maximum Gasteiger partial charge on any atom is 0.243 e. The van der Waals surface area contributed by atoms with Gasteiger partial charge in [0.15, 0.2) is 0 Å². The number of halogens is 2. The van der Waals surface area contributed by atoms with Gasteiger partial charge in [-0.3, -0.25) is 4.79 Å². The SMILES string of the molecule is CC(=O)Nc1ccc(S(=O)(=O)N2C[C@@H](N)[C@H](c3ccccc3)C2)cc1Cl.Cl. The number of hydrogen-bond donors (Lipinski definition) is 2. The molecule has 146 valence electrons. The fourth-order valence-corrected chi connectivity index (χ4v) is 4.96. The molecule has 0 saturated carbocycles. The first-order chi connectivity index (χ1) is 12.3. The van der Waals surface area contributed by atoms with Crippen molar-refractivity contribution in [3.8, 4) is 0 Å². The fraction of sp³-hybridized carbons (Fsp3) is 0.278. The number of benzene rings is 2. The minimum Gasteiger partial charge on any atom is -0.326 e. The number of nitrogens with zero attached hydrogens (tertiary/aromatic N) is 1. The van der Waals surface area contributed by atoms with Gasteiger partial charge in [0.05, 0.1) is 15.6 Å². The predicted octanol–water partition coefficient (Wildman–Crippen LogP) is 2.84. The monoisotopic (exact) mass is 429 g/mol. The molecule has 27 heavy (non-hydrogen) atoms. The van der Waals surface area contributed by atoms with Crippen molar-refractivity contribution in [2.24, 2.45) is 5.73 Å². The average Bonchev–Trinajstić information content (AvgIpc) is 2.99. The Kier molecular flexibility index (Phi) is 6.88. The van der Waals surface area contributed by atoms with Gasteiger partial charge in [0.1, 0.15) is 0 Å². The topological polar surface area (TPSA) is 92.5 Å². The highest BCUT2D eigenvalue weighted by molar-refractivity contribution is 7.89. The quantitative estimate of drug-likeness (QED) is 0.780. The van der Waals surface area contributed by atoms with Crippen LogP contribution >= 0.6 is 24.0 Å². The molecule has 2 aromatic rings. The molecule has 2 atom stereocenters. The first-order valence-corrected chi connectivity index (χ1v) is 9.98. The van der Waals surface area contributed by atoms with Crippen molar-refractivity contribution in [2.75, 3.05) is 18.4 Å². The third-order valence-electron chi connectivity index (χ3n) is 4.45. The van der Waals surface area contributed by atoms with E-state index in [-0.39, 0.29) is 46.7 Å². The van der Waals surface area contributed by atoms with Gasteiger partial charge in [0, 0.05) is 32.0 Å². The third-order valence-corrected chi connectivity index (χ3v) is 6.59. The van der Waals surface area contributed by atoms with Crippen LogP contribution in [0.25, 0.3) is 0 Å². The summed E-state index contributed by atoms with van der Waals surface area (Å²) in [5, 5.41) is 2.73. The third kappa shape index (κ3) is 4.62. The van der Waals surface area contributed by atoms with Crippen LogP contribution in [0.15, 0.2) is 53.4 Å². The Balaban J connectivity index is 0.00000261. The van der Waals surface area contributed by atoms with Crippen LogP contribution < -0.4 is 11.1 Å². The summed E-state index contributed by atoms with van der Waals surface area (Å²) < 4.78 is 27.3. The summed E-state index contributed by atoms with van der Waals surface area (Å²) in [6.07, 6.45) is 0. The molecule has 1 aliphatic heterocycles. The van der Waals surface area contributed by atoms with Crippen LogP contribution in [0.5, 0.6) is 0 Å². The summed E-state index contributed by atoms with van der Waals surface area (Å²) in [7, 11) is -3.72. The lowest BCUT2D eigenvalue weighted by Gasteiger charge is -2.17. The molecular formula is C18H21Cl2N3O3S. The second-order valence-electron chi connectivity index (χ2n) is 6.33. The van der Waals surface area contributed by atoms with Crippen LogP contribution in [0.3, 0.4) is 0 Å². The van der Waals surface area contributed by atoms with E-state index in [1.54, 1.807) is 0 Å². The predicted molar refractivity (Wildman–Crippen MR) is 109 cm³/mol. The molecule has 1 saturated heterocycles. The van der Waals surface area contributed by atoms with Gasteiger partial charge in [-0.1, -0.05) is 41.9 Å². The van der Waals surface area contributed by atoms with Crippen molar-refractivity contribution < 1.29 is 13.2 Å². The molecule has 2 aromatic carbocycles. The average molecular weight is 430 g/mol. The zero-order valence-electron chi connectivity index (χ0n) is 14.6. The van der Waals surface area contributed by atoms with Crippen molar-refractivity contribution in [1.29, 1.82) is 0 Å². The molecule has 6 nitrogen and oxygen atoms in total. The van der Waals surface area contributed by atoms with Gasteiger partial charge in [-0.15, -0.1) is 12.4 Å². The number of carbonyl (C=O) groups excluding carboxylic acids is 1. The van der Waals surface area contributed by atoms with E-state index in [4.69, 9.17) is 17.3 Å². The molecule has 0 spiro atoms. The van der Waals surface area contributed by atoms with E-state index in [1.807, 2.05) is 30.3 Å². The minimum absolute atomic E-state index is 0. The Morgan fingerprint density at radius 1 is 1.19 bits per heavy atom. The lowest BCUT2D eigenvalue weighted by molar-refractivity contribution is -0.114. The number of sulfonamides is 1. The highest BCUT2D eigenvalue weighted by atomic mass is 35.5. The molecule has 0 bridgehead atoms. The van der Waals surface area contributed by atoms with E-state index < -0.39 is 10.0 Å². The van der Waals surface area contributed by atoms with Gasteiger partial charge < -0.3 is 11.1 Å². The minimum atomic E-state index is -3.72. The Bertz CT molecular complexity index is 923. The lowest BCUT2D eigenvalue weighted by atomic mass is 9.95. The lowest BCUT2D eigenvalue weighted by Crippen LogP contribution is -2.32. The molecule has 0 aliphatic carbocycles. The van der Waals surface area contributed by atoms with E-state index in [1.165, 1.54) is 29.4 Å². The summed E-state index contributed by atoms with van der Waals surface area (Å²) in [5.41, 5.74) is 7.60. The Morgan fingerprint density at radius 2 is 1.85 bits per heavy atom. The number of rotatable bonds is 4. The molecular weight excluding hydrogens is 409 g/mol. The normalized spacial score (nSPS) is 20.1. The molecule has 0 unspecified atom stereocenters. The molecule has 3 rings (SSSR count). The summed E-state index contributed by atoms with van der Waals surface area (Å²) in [4.78, 5) is 11.2. The number of anilines is 1. The summed E-state index contributed by atoms with van der Waals surface area (Å²) in [5.74, 6) is -0.334. The van der Waals surface area contributed by atoms with Gasteiger partial charge in [-0.05, 0) is 23.8 Å². The highest BCUT2D eigenvalue weighted by Gasteiger charge is 2.38. The van der Waals surface area contributed by atoms with Gasteiger partial charge >= 0.3 is 0 Å². The molecule has 9 heteroatoms. The fourth-order valence-electron chi connectivity index (χ4n) is 3.14. The molecule has 0 radical (unpaired) electrons. The van der Waals surface area contributed by atoms with Crippen LogP contribution in [0, 0.1) is 0 Å². The maximum atomic E-state index is 13.0. The number of carbonyl (C=O) groups is 1. The van der Waals surface area contributed by atoms with Crippen LogP contribution in [0.1, 0.15) is 18.4 Å². The summed E-state index contributed by atoms with van der Waals surface area (Å²) in [6.45, 7) is 1.92. The van der Waals surface area contributed by atoms with E-state index in [0.717, 1.165) is 5.56 Å². The Hall–Kier alpha value is -1.64. The second kappa shape index (κ2) is 8.58. The van der Waals surface area contributed by atoms with Crippen molar-refractivity contribution in [1.82, 2.24) is 4.31 Å². The van der Waals surface area contributed by atoms with Crippen LogP contribution in [-0.2, 0) is 14.8 Å². The van der Waals surface area contributed by atoms with Crippen molar-refractivity contribution in [3.63, 3.8) is 0 Å². The van der Waals surface area contributed by atoms with Crippen molar-refractivity contribution >= 4 is 45.6 Å². The van der Waals surface area contributed by atoms with Gasteiger partial charge in [-0.2, -0.15) is 4.31 Å². The molecule has 1 amide bonds. The molecule has 1 aliphatic rings. The number of nitrogens with one attached hydrogen (secondary N) is 1. The molecule has 1 fully saturated rings. The van der Waals surface area contributed by atoms with E-state index in [2.05, 4.69) is 5.32 Å². The molecule has 0 aromatic heterocycles. The summed E-state index contributed by atoms with van der Waals surface area (Å²) in [6, 6.07) is 13.7. The maximum absolute atomic E-state index is 13.0. The largest absolute Gasteiger partial charge is 0.326 e. The number of nitrogens with two attached hydrogens (primary N) is 1. The van der Waals surface area contributed by atoms with Crippen molar-refractivity contribution in [2.45, 2.75) is 23.8 Å². The number of hydrogen-bond acceptors (Lipinski definition) is 4. The Morgan fingerprint density at radius 3 is 2.44 bits per heavy atom. The standard InChI is InChI=1S/C18H20ClN3O3S.ClH/c1-12(23)21-18-8-7-14(9-16(18)19)26(24,25)22-10-15(17(20)11-22)13-5-3-2-4-6-13;/h2-9,15,17H,10-11,20H2,1H3,(H,21,23);1H/t15-,17+;/m0./s1. The van der Waals surface area contributed by atoms with Crippen LogP contribution in [-0.4, -0.2) is 37.8 Å². The van der Waals surface area contributed by atoms with Gasteiger partial charge in [0.2, 0.25) is 15.9 Å². The second-order valence-corrected chi connectivity index (χ2v) is 8.67. The molecule has 3 N–H and O–H groups in total. The van der Waals surface area contributed by atoms with E-state index in [0.29, 0.717) is 12.2 Å². The van der Waals surface area contributed by atoms with E-state index >= 15 is 0 Å². The smallest absolute Gasteiger partial charge is 0.243 e. The molecule has 1 heterocycles. The van der Waals surface area contributed by atoms with Crippen LogP contribution in [0.4, 0.5) is 5.69 Å². The Labute approximate surface area is 170 Å². The zero-order chi connectivity index (χ0) is 18.9. The van der Waals surface area contributed by atoms with Gasteiger partial charge in [0.25, 0.3) is 0 Å². The van der Waals surface area contributed by atoms with Gasteiger partial charge in [-0.25, -0.2) is 8.42 Å². The first kappa shape index (κ1) is 21.7. The highest BCUT2D eigenvalue weighted by Crippen LogP contribution is 2.32. The zero-order valence-corrected chi connectivity index (χ0v) is 17.0. The van der Waals surface area contributed by atoms with E-state index in [9.17, 15) is 13.2 Å². The first-order valence-electron chi connectivity index (χ1n) is 8.17. The van der Waals surface area contributed by atoms with Crippen LogP contribution in [0.2, 0.25) is 5.02 Å². The summed E-state index contributed by atoms with van der Waals surface area (Å²) >= 11 is 6.12. The number of amides is 1. The van der Waals surface area contributed by atoms with Crippen molar-refractivity contribution in [3.05, 3.63) is 59.1 Å².